The molecule has 0 unspecified atom stereocenters. The Bertz CT molecular complexity index is 1340. The molecule has 31 heavy (non-hydrogen) atoms. The van der Waals surface area contributed by atoms with Gasteiger partial charge in [0, 0.05) is 29.4 Å². The number of carbonyl (C=O) groups excluding carboxylic acids is 1. The molecule has 2 heterocycles. The summed E-state index contributed by atoms with van der Waals surface area (Å²) in [5.41, 5.74) is 1.77. The number of carbonyl (C=O) groups is 1. The number of benzene rings is 2. The number of aromatic nitrogens is 1. The summed E-state index contributed by atoms with van der Waals surface area (Å²) in [6.07, 6.45) is 1.78. The first-order valence-corrected chi connectivity index (χ1v) is 12.1. The number of nitrogens with one attached hydrogen (secondary N) is 1. The minimum absolute atomic E-state index is 0.0822. The van der Waals surface area contributed by atoms with Gasteiger partial charge in [0.25, 0.3) is 5.91 Å². The lowest BCUT2D eigenvalue weighted by Crippen LogP contribution is -2.29. The van der Waals surface area contributed by atoms with Gasteiger partial charge in [0.15, 0.2) is 10.9 Å². The molecule has 2 aromatic heterocycles. The second-order valence-electron chi connectivity index (χ2n) is 7.42. The Hall–Kier alpha value is -3.01. The molecule has 4 aromatic rings. The Balaban J connectivity index is 1.30. The molecule has 0 saturated heterocycles. The molecule has 0 atom stereocenters. The number of thiazole rings is 1. The fraction of sp³-hybridized carbons (Fsp3) is 0.182. The molecule has 5 rings (SSSR count). The van der Waals surface area contributed by atoms with Crippen LogP contribution in [0.5, 0.6) is 0 Å². The fourth-order valence-corrected chi connectivity index (χ4v) is 5.41. The van der Waals surface area contributed by atoms with Crippen LogP contribution in [0.1, 0.15) is 23.2 Å². The zero-order valence-corrected chi connectivity index (χ0v) is 18.2. The SMILES string of the molecule is CN(C1CC1)S(=O)(=O)c1ccc(C(=O)Nc2nc(-c3cc4ccccc4o3)cs2)cc1. The van der Waals surface area contributed by atoms with Gasteiger partial charge in [-0.05, 0) is 49.2 Å². The Labute approximate surface area is 183 Å². The minimum Gasteiger partial charge on any atom is -0.454 e. The molecule has 0 aliphatic heterocycles. The smallest absolute Gasteiger partial charge is 0.257 e. The molecule has 1 N–H and O–H groups in total. The van der Waals surface area contributed by atoms with E-state index in [4.69, 9.17) is 4.42 Å². The number of fused-ring (bicyclic) bond motifs is 1. The highest BCUT2D eigenvalue weighted by atomic mass is 32.2. The Morgan fingerprint density at radius 1 is 1.16 bits per heavy atom. The van der Waals surface area contributed by atoms with Gasteiger partial charge in [-0.15, -0.1) is 11.3 Å². The first kappa shape index (κ1) is 19.9. The molecule has 0 bridgehead atoms. The molecule has 0 radical (unpaired) electrons. The van der Waals surface area contributed by atoms with Crippen molar-refractivity contribution in [1.82, 2.24) is 9.29 Å². The van der Waals surface area contributed by atoms with Crippen molar-refractivity contribution < 1.29 is 17.6 Å². The van der Waals surface area contributed by atoms with E-state index in [0.717, 1.165) is 23.8 Å². The van der Waals surface area contributed by atoms with Gasteiger partial charge in [-0.1, -0.05) is 18.2 Å². The number of rotatable bonds is 6. The monoisotopic (exact) mass is 453 g/mol. The average Bonchev–Trinajstić information content (AvgIpc) is 3.36. The summed E-state index contributed by atoms with van der Waals surface area (Å²) in [7, 11) is -1.94. The maximum absolute atomic E-state index is 12.6. The highest BCUT2D eigenvalue weighted by molar-refractivity contribution is 7.89. The van der Waals surface area contributed by atoms with Crippen LogP contribution in [0.4, 0.5) is 5.13 Å². The Kier molecular flexibility index (Phi) is 4.88. The van der Waals surface area contributed by atoms with E-state index in [1.807, 2.05) is 35.7 Å². The van der Waals surface area contributed by atoms with Crippen LogP contribution in [0.25, 0.3) is 22.4 Å². The third-order valence-corrected chi connectivity index (χ3v) is 7.94. The zero-order chi connectivity index (χ0) is 21.6. The van der Waals surface area contributed by atoms with Crippen LogP contribution in [-0.4, -0.2) is 36.7 Å². The van der Waals surface area contributed by atoms with Gasteiger partial charge in [-0.3, -0.25) is 10.1 Å². The topological polar surface area (TPSA) is 92.5 Å². The van der Waals surface area contributed by atoms with Gasteiger partial charge in [0.1, 0.15) is 11.3 Å². The number of para-hydroxylation sites is 1. The second kappa shape index (κ2) is 7.60. The van der Waals surface area contributed by atoms with Gasteiger partial charge >= 0.3 is 0 Å². The van der Waals surface area contributed by atoms with Crippen molar-refractivity contribution in [2.45, 2.75) is 23.8 Å². The number of nitrogens with zero attached hydrogens (tertiary/aromatic N) is 2. The van der Waals surface area contributed by atoms with Crippen molar-refractivity contribution in [2.24, 2.45) is 0 Å². The van der Waals surface area contributed by atoms with E-state index in [9.17, 15) is 13.2 Å². The molecule has 1 aliphatic rings. The Morgan fingerprint density at radius 3 is 2.61 bits per heavy atom. The average molecular weight is 454 g/mol. The second-order valence-corrected chi connectivity index (χ2v) is 10.3. The van der Waals surface area contributed by atoms with Crippen LogP contribution >= 0.6 is 11.3 Å². The third-order valence-electron chi connectivity index (χ3n) is 5.26. The highest BCUT2D eigenvalue weighted by Gasteiger charge is 2.35. The maximum atomic E-state index is 12.6. The largest absolute Gasteiger partial charge is 0.454 e. The summed E-state index contributed by atoms with van der Waals surface area (Å²) in [6.45, 7) is 0. The first-order chi connectivity index (χ1) is 14.9. The molecule has 7 nitrogen and oxygen atoms in total. The molecular weight excluding hydrogens is 434 g/mol. The number of anilines is 1. The van der Waals surface area contributed by atoms with E-state index in [0.29, 0.717) is 22.1 Å². The molecule has 1 amide bonds. The van der Waals surface area contributed by atoms with E-state index in [1.165, 1.54) is 39.9 Å². The van der Waals surface area contributed by atoms with Crippen molar-refractivity contribution in [3.05, 3.63) is 65.5 Å². The summed E-state index contributed by atoms with van der Waals surface area (Å²) in [4.78, 5) is 17.2. The molecule has 0 spiro atoms. The standard InChI is InChI=1S/C22H19N3O4S2/c1-25(16-8-9-16)31(27,28)17-10-6-14(7-11-17)21(26)24-22-23-18(13-30-22)20-12-15-4-2-3-5-19(15)29-20/h2-7,10-13,16H,8-9H2,1H3,(H,23,24,26). The molecule has 2 aromatic carbocycles. The summed E-state index contributed by atoms with van der Waals surface area (Å²) < 4.78 is 32.4. The molecule has 9 heteroatoms. The fourth-order valence-electron chi connectivity index (χ4n) is 3.30. The summed E-state index contributed by atoms with van der Waals surface area (Å²) in [5.74, 6) is 0.275. The predicted molar refractivity (Wildman–Crippen MR) is 120 cm³/mol. The third kappa shape index (κ3) is 3.87. The van der Waals surface area contributed by atoms with Crippen LogP contribution in [0.15, 0.2) is 69.3 Å². The van der Waals surface area contributed by atoms with E-state index in [2.05, 4.69) is 10.3 Å². The lowest BCUT2D eigenvalue weighted by molar-refractivity contribution is 0.102. The zero-order valence-electron chi connectivity index (χ0n) is 16.6. The lowest BCUT2D eigenvalue weighted by Gasteiger charge is -2.16. The van der Waals surface area contributed by atoms with Crippen molar-refractivity contribution in [1.29, 1.82) is 0 Å². The minimum atomic E-state index is -3.53. The summed E-state index contributed by atoms with van der Waals surface area (Å²) >= 11 is 1.29. The van der Waals surface area contributed by atoms with Gasteiger partial charge in [0.2, 0.25) is 10.0 Å². The number of amides is 1. The van der Waals surface area contributed by atoms with E-state index in [-0.39, 0.29) is 16.8 Å². The number of sulfonamides is 1. The van der Waals surface area contributed by atoms with Gasteiger partial charge in [-0.2, -0.15) is 4.31 Å². The predicted octanol–water partition coefficient (Wildman–Crippen LogP) is 4.59. The van der Waals surface area contributed by atoms with Crippen LogP contribution in [-0.2, 0) is 10.0 Å². The van der Waals surface area contributed by atoms with Gasteiger partial charge in [0.05, 0.1) is 4.90 Å². The number of hydrogen-bond donors (Lipinski definition) is 1. The summed E-state index contributed by atoms with van der Waals surface area (Å²) in [5, 5.41) is 5.99. The lowest BCUT2D eigenvalue weighted by atomic mass is 10.2. The molecule has 1 saturated carbocycles. The molecule has 1 fully saturated rings. The first-order valence-electron chi connectivity index (χ1n) is 9.76. The van der Waals surface area contributed by atoms with Crippen LogP contribution in [0.2, 0.25) is 0 Å². The normalized spacial score (nSPS) is 14.3. The van der Waals surface area contributed by atoms with Crippen molar-refractivity contribution in [3.63, 3.8) is 0 Å². The molecule has 1 aliphatic carbocycles. The molecule has 158 valence electrons. The summed E-state index contributed by atoms with van der Waals surface area (Å²) in [6, 6.07) is 15.6. The van der Waals surface area contributed by atoms with E-state index >= 15 is 0 Å². The van der Waals surface area contributed by atoms with Crippen molar-refractivity contribution >= 4 is 43.4 Å². The molecular formula is C22H19N3O4S2. The number of hydrogen-bond acceptors (Lipinski definition) is 6. The van der Waals surface area contributed by atoms with Crippen LogP contribution in [0, 0.1) is 0 Å². The number of furan rings is 1. The van der Waals surface area contributed by atoms with E-state index < -0.39 is 10.0 Å². The Morgan fingerprint density at radius 2 is 1.90 bits per heavy atom. The maximum Gasteiger partial charge on any atom is 0.257 e. The van der Waals surface area contributed by atoms with Crippen LogP contribution < -0.4 is 5.32 Å². The van der Waals surface area contributed by atoms with Crippen molar-refractivity contribution in [2.75, 3.05) is 12.4 Å². The van der Waals surface area contributed by atoms with Gasteiger partial charge in [-0.25, -0.2) is 13.4 Å². The van der Waals surface area contributed by atoms with Crippen molar-refractivity contribution in [3.8, 4) is 11.5 Å². The van der Waals surface area contributed by atoms with E-state index in [1.54, 1.807) is 7.05 Å². The highest BCUT2D eigenvalue weighted by Crippen LogP contribution is 2.31. The van der Waals surface area contributed by atoms with Crippen LogP contribution in [0.3, 0.4) is 0 Å². The quantitative estimate of drug-likeness (QED) is 0.461. The van der Waals surface area contributed by atoms with Gasteiger partial charge < -0.3 is 4.42 Å².